The van der Waals surface area contributed by atoms with Gasteiger partial charge in [-0.05, 0) is 26.7 Å². The molecule has 0 radical (unpaired) electrons. The number of rotatable bonds is 3. The van der Waals surface area contributed by atoms with Crippen LogP contribution < -0.4 is 0 Å². The van der Waals surface area contributed by atoms with Crippen molar-refractivity contribution in [2.24, 2.45) is 5.92 Å². The van der Waals surface area contributed by atoms with E-state index in [0.29, 0.717) is 0 Å². The second-order valence-electron chi connectivity index (χ2n) is 6.64. The molecule has 0 bridgehead atoms. The van der Waals surface area contributed by atoms with Gasteiger partial charge in [-0.3, -0.25) is 4.90 Å². The molecular weight excluding hydrogens is 306 g/mol. The molecule has 23 heavy (non-hydrogen) atoms. The first-order valence-electron chi connectivity index (χ1n) is 7.56. The van der Waals surface area contributed by atoms with Crippen molar-refractivity contribution >= 4 is 18.2 Å². The summed E-state index contributed by atoms with van der Waals surface area (Å²) in [6, 6.07) is -1.04. The predicted molar refractivity (Wildman–Crippen MR) is 79.8 cm³/mol. The van der Waals surface area contributed by atoms with Gasteiger partial charge in [0.1, 0.15) is 5.60 Å². The minimum absolute atomic E-state index is 0.0600. The molecule has 0 N–H and O–H groups in total. The van der Waals surface area contributed by atoms with Crippen LogP contribution in [0.2, 0.25) is 0 Å². The maximum Gasteiger partial charge on any atom is 0.516 e. The Bertz CT molecular complexity index is 442. The van der Waals surface area contributed by atoms with Crippen molar-refractivity contribution in [3.05, 3.63) is 0 Å². The first-order valence-corrected chi connectivity index (χ1v) is 7.56. The lowest BCUT2D eigenvalue weighted by atomic mass is 10.2. The van der Waals surface area contributed by atoms with Crippen molar-refractivity contribution in [2.75, 3.05) is 26.4 Å². The maximum absolute atomic E-state index is 12.2. The van der Waals surface area contributed by atoms with Crippen LogP contribution in [0.4, 0.5) is 9.59 Å². The summed E-state index contributed by atoms with van der Waals surface area (Å²) in [5.41, 5.74) is -0.694. The van der Waals surface area contributed by atoms with Crippen molar-refractivity contribution in [1.29, 1.82) is 0 Å². The second-order valence-corrected chi connectivity index (χ2v) is 6.64. The molecule has 1 fully saturated rings. The molecule has 0 aliphatic carbocycles. The highest BCUT2D eigenvalue weighted by molar-refractivity contribution is 5.88. The van der Waals surface area contributed by atoms with Gasteiger partial charge in [0.05, 0.1) is 19.8 Å². The molecule has 1 atom stereocenters. The Hall–Kier alpha value is -1.83. The zero-order chi connectivity index (χ0) is 17.6. The van der Waals surface area contributed by atoms with Crippen LogP contribution in [0.15, 0.2) is 0 Å². The molecule has 132 valence electrons. The largest absolute Gasteiger partial charge is 0.516 e. The zero-order valence-electron chi connectivity index (χ0n) is 14.3. The number of morpholine rings is 1. The van der Waals surface area contributed by atoms with E-state index in [-0.39, 0.29) is 32.3 Å². The summed E-state index contributed by atoms with van der Waals surface area (Å²) in [7, 11) is 0. The maximum atomic E-state index is 12.2. The normalized spacial score (nSPS) is 18.5. The van der Waals surface area contributed by atoms with E-state index in [4.69, 9.17) is 14.2 Å². The van der Waals surface area contributed by atoms with Crippen LogP contribution in [0, 0.1) is 5.92 Å². The molecule has 8 nitrogen and oxygen atoms in total. The molecule has 0 aromatic heterocycles. The van der Waals surface area contributed by atoms with Crippen LogP contribution in [0.3, 0.4) is 0 Å². The van der Waals surface area contributed by atoms with Gasteiger partial charge in [0.2, 0.25) is 0 Å². The Morgan fingerprint density at radius 3 is 2.48 bits per heavy atom. The standard InChI is InChI=1S/C15H25NO7/c1-10(2)8-21-14(19)22-12(17)11-9-20-7-6-16(11)13(18)23-15(3,4)5/h10-11H,6-9H2,1-5H3/t11-/m0/s1. The lowest BCUT2D eigenvalue weighted by Gasteiger charge is -2.34. The number of amides is 1. The van der Waals surface area contributed by atoms with Gasteiger partial charge >= 0.3 is 18.2 Å². The minimum Gasteiger partial charge on any atom is -0.444 e. The molecule has 1 rings (SSSR count). The van der Waals surface area contributed by atoms with Gasteiger partial charge in [-0.15, -0.1) is 0 Å². The van der Waals surface area contributed by atoms with Gasteiger partial charge in [-0.2, -0.15) is 0 Å². The van der Waals surface area contributed by atoms with Crippen molar-refractivity contribution < 1.29 is 33.3 Å². The lowest BCUT2D eigenvalue weighted by molar-refractivity contribution is -0.151. The van der Waals surface area contributed by atoms with Crippen LogP contribution in [-0.2, 0) is 23.7 Å². The van der Waals surface area contributed by atoms with Gasteiger partial charge in [-0.25, -0.2) is 14.4 Å². The first-order chi connectivity index (χ1) is 10.6. The van der Waals surface area contributed by atoms with E-state index < -0.39 is 29.9 Å². The second kappa shape index (κ2) is 8.14. The molecule has 1 aliphatic rings. The van der Waals surface area contributed by atoms with E-state index in [9.17, 15) is 14.4 Å². The van der Waals surface area contributed by atoms with E-state index >= 15 is 0 Å². The lowest BCUT2D eigenvalue weighted by Crippen LogP contribution is -2.54. The highest BCUT2D eigenvalue weighted by Gasteiger charge is 2.37. The Kier molecular flexibility index (Phi) is 6.80. The fourth-order valence-corrected chi connectivity index (χ4v) is 1.75. The number of hydrogen-bond donors (Lipinski definition) is 0. The van der Waals surface area contributed by atoms with Gasteiger partial charge in [0, 0.05) is 6.54 Å². The molecule has 8 heteroatoms. The van der Waals surface area contributed by atoms with Crippen LogP contribution in [0.1, 0.15) is 34.6 Å². The number of ether oxygens (including phenoxy) is 4. The van der Waals surface area contributed by atoms with Crippen molar-refractivity contribution in [2.45, 2.75) is 46.3 Å². The SMILES string of the molecule is CC(C)COC(=O)OC(=O)[C@@H]1COCCN1C(=O)OC(C)(C)C. The molecule has 1 saturated heterocycles. The topological polar surface area (TPSA) is 91.4 Å². The van der Waals surface area contributed by atoms with Crippen molar-refractivity contribution in [1.82, 2.24) is 4.90 Å². The minimum atomic E-state index is -1.08. The summed E-state index contributed by atoms with van der Waals surface area (Å²) in [6.07, 6.45) is -1.74. The third-order valence-electron chi connectivity index (χ3n) is 2.75. The third kappa shape index (κ3) is 6.85. The average molecular weight is 331 g/mol. The van der Waals surface area contributed by atoms with Gasteiger partial charge in [-0.1, -0.05) is 13.8 Å². The zero-order valence-corrected chi connectivity index (χ0v) is 14.3. The fraction of sp³-hybridized carbons (Fsp3) is 0.800. The smallest absolute Gasteiger partial charge is 0.444 e. The number of carbonyl (C=O) groups excluding carboxylic acids is 3. The van der Waals surface area contributed by atoms with Crippen LogP contribution in [0.25, 0.3) is 0 Å². The predicted octanol–water partition coefficient (Wildman–Crippen LogP) is 1.96. The van der Waals surface area contributed by atoms with E-state index in [2.05, 4.69) is 4.74 Å². The van der Waals surface area contributed by atoms with Crippen LogP contribution in [0.5, 0.6) is 0 Å². The first kappa shape index (κ1) is 19.2. The molecule has 1 heterocycles. The quantitative estimate of drug-likeness (QED) is 0.576. The summed E-state index contributed by atoms with van der Waals surface area (Å²) in [4.78, 5) is 36.9. The van der Waals surface area contributed by atoms with Crippen LogP contribution in [-0.4, -0.2) is 61.1 Å². The Balaban J connectivity index is 2.64. The summed E-state index contributed by atoms with van der Waals surface area (Å²) >= 11 is 0. The molecule has 0 aromatic rings. The molecule has 0 spiro atoms. The Labute approximate surface area is 136 Å². The monoisotopic (exact) mass is 331 g/mol. The molecule has 0 saturated carbocycles. The molecule has 0 aromatic carbocycles. The van der Waals surface area contributed by atoms with Crippen molar-refractivity contribution in [3.63, 3.8) is 0 Å². The average Bonchev–Trinajstić information content (AvgIpc) is 2.43. The van der Waals surface area contributed by atoms with Gasteiger partial charge in [0.25, 0.3) is 0 Å². The summed E-state index contributed by atoms with van der Waals surface area (Å²) in [6.45, 7) is 9.42. The number of carbonyl (C=O) groups is 3. The molecule has 0 unspecified atom stereocenters. The van der Waals surface area contributed by atoms with Crippen LogP contribution >= 0.6 is 0 Å². The summed E-state index contributed by atoms with van der Waals surface area (Å²) in [5.74, 6) is -0.779. The number of esters is 1. The summed E-state index contributed by atoms with van der Waals surface area (Å²) < 4.78 is 19.8. The molecular formula is C15H25NO7. The highest BCUT2D eigenvalue weighted by Crippen LogP contribution is 2.15. The fourth-order valence-electron chi connectivity index (χ4n) is 1.75. The number of hydrogen-bond acceptors (Lipinski definition) is 7. The van der Waals surface area contributed by atoms with E-state index in [1.54, 1.807) is 20.8 Å². The third-order valence-corrected chi connectivity index (χ3v) is 2.75. The van der Waals surface area contributed by atoms with E-state index in [1.807, 2.05) is 13.8 Å². The number of nitrogens with zero attached hydrogens (tertiary/aromatic N) is 1. The van der Waals surface area contributed by atoms with E-state index in [0.717, 1.165) is 0 Å². The van der Waals surface area contributed by atoms with Crippen molar-refractivity contribution in [3.8, 4) is 0 Å². The summed E-state index contributed by atoms with van der Waals surface area (Å²) in [5, 5.41) is 0. The van der Waals surface area contributed by atoms with Gasteiger partial charge < -0.3 is 18.9 Å². The Morgan fingerprint density at radius 1 is 1.26 bits per heavy atom. The molecule has 1 amide bonds. The van der Waals surface area contributed by atoms with Gasteiger partial charge in [0.15, 0.2) is 6.04 Å². The Morgan fingerprint density at radius 2 is 1.91 bits per heavy atom. The highest BCUT2D eigenvalue weighted by atomic mass is 16.7. The van der Waals surface area contributed by atoms with E-state index in [1.165, 1.54) is 4.90 Å². The molecule has 1 aliphatic heterocycles.